The summed E-state index contributed by atoms with van der Waals surface area (Å²) < 4.78 is 6.41. The Bertz CT molecular complexity index is 1490. The minimum absolute atomic E-state index is 0.0250. The second kappa shape index (κ2) is 8.87. The lowest BCUT2D eigenvalue weighted by Gasteiger charge is -2.24. The Kier molecular flexibility index (Phi) is 5.84. The highest BCUT2D eigenvalue weighted by Gasteiger charge is 2.49. The Labute approximate surface area is 212 Å². The van der Waals surface area contributed by atoms with Crippen LogP contribution in [0.5, 0.6) is 5.75 Å². The highest BCUT2D eigenvalue weighted by Crippen LogP contribution is 2.44. The highest BCUT2D eigenvalue weighted by molar-refractivity contribution is 7.22. The monoisotopic (exact) mass is 499 g/mol. The van der Waals surface area contributed by atoms with E-state index in [-0.39, 0.29) is 16.7 Å². The van der Waals surface area contributed by atoms with Crippen molar-refractivity contribution in [2.45, 2.75) is 32.2 Å². The number of aromatic nitrogens is 2. The first-order valence-corrected chi connectivity index (χ1v) is 12.3. The van der Waals surface area contributed by atoms with Gasteiger partial charge in [0.15, 0.2) is 5.13 Å². The van der Waals surface area contributed by atoms with E-state index in [1.165, 1.54) is 16.2 Å². The third-order valence-corrected chi connectivity index (χ3v) is 7.22. The zero-order valence-electron chi connectivity index (χ0n) is 20.4. The fraction of sp³-hybridized carbons (Fsp3) is 0.214. The maximum atomic E-state index is 13.4. The zero-order valence-corrected chi connectivity index (χ0v) is 21.2. The molecule has 8 heteroatoms. The molecule has 1 aliphatic heterocycles. The van der Waals surface area contributed by atoms with E-state index in [9.17, 15) is 14.7 Å². The molecule has 1 aliphatic rings. The smallest absolute Gasteiger partial charge is 0.301 e. The average Bonchev–Trinajstić information content (AvgIpc) is 3.41. The Balaban J connectivity index is 1.72. The Morgan fingerprint density at radius 3 is 2.47 bits per heavy atom. The lowest BCUT2D eigenvalue weighted by atomic mass is 9.84. The molecule has 3 heterocycles. The van der Waals surface area contributed by atoms with Gasteiger partial charge >= 0.3 is 5.91 Å². The first-order valence-electron chi connectivity index (χ1n) is 11.5. The number of ketones is 1. The van der Waals surface area contributed by atoms with Crippen LogP contribution in [0.1, 0.15) is 43.6 Å². The van der Waals surface area contributed by atoms with Crippen LogP contribution in [-0.4, -0.2) is 33.9 Å². The topological polar surface area (TPSA) is 92.6 Å². The van der Waals surface area contributed by atoms with E-state index in [4.69, 9.17) is 4.74 Å². The van der Waals surface area contributed by atoms with Crippen LogP contribution in [0.2, 0.25) is 0 Å². The third kappa shape index (κ3) is 3.93. The van der Waals surface area contributed by atoms with Gasteiger partial charge in [0.1, 0.15) is 17.6 Å². The van der Waals surface area contributed by atoms with Crippen molar-refractivity contribution >= 4 is 44.1 Å². The number of pyridine rings is 1. The number of aliphatic hydroxyl groups is 1. The van der Waals surface area contributed by atoms with Gasteiger partial charge in [-0.2, -0.15) is 0 Å². The predicted molar refractivity (Wildman–Crippen MR) is 140 cm³/mol. The van der Waals surface area contributed by atoms with Gasteiger partial charge in [-0.1, -0.05) is 50.3 Å². The average molecular weight is 500 g/mol. The molecule has 0 saturated carbocycles. The van der Waals surface area contributed by atoms with Crippen LogP contribution in [-0.2, 0) is 15.0 Å². The van der Waals surface area contributed by atoms with Crippen LogP contribution in [0.3, 0.4) is 0 Å². The number of carbonyl (C=O) groups is 2. The number of methoxy groups -OCH3 is 1. The molecule has 182 valence electrons. The zero-order chi connectivity index (χ0) is 25.6. The molecular formula is C28H25N3O4S. The summed E-state index contributed by atoms with van der Waals surface area (Å²) in [5, 5.41) is 11.9. The maximum absolute atomic E-state index is 13.4. The normalized spacial score (nSPS) is 17.7. The molecule has 0 aliphatic carbocycles. The van der Waals surface area contributed by atoms with Crippen LogP contribution in [0, 0.1) is 0 Å². The van der Waals surface area contributed by atoms with Crippen LogP contribution in [0.4, 0.5) is 5.13 Å². The molecule has 7 nitrogen and oxygen atoms in total. The number of rotatable bonds is 4. The van der Waals surface area contributed by atoms with E-state index in [1.54, 1.807) is 49.7 Å². The fourth-order valence-electron chi connectivity index (χ4n) is 4.41. The summed E-state index contributed by atoms with van der Waals surface area (Å²) in [6.07, 6.45) is 1.60. The molecule has 0 spiro atoms. The summed E-state index contributed by atoms with van der Waals surface area (Å²) in [4.78, 5) is 37.2. The lowest BCUT2D eigenvalue weighted by Crippen LogP contribution is -2.29. The van der Waals surface area contributed by atoms with E-state index in [2.05, 4.69) is 9.97 Å². The molecule has 2 aromatic heterocycles. The summed E-state index contributed by atoms with van der Waals surface area (Å²) in [6.45, 7) is 6.11. The van der Waals surface area contributed by atoms with Gasteiger partial charge in [0, 0.05) is 17.3 Å². The Morgan fingerprint density at radius 1 is 1.06 bits per heavy atom. The molecule has 1 amide bonds. The number of benzene rings is 2. The molecule has 5 rings (SSSR count). The van der Waals surface area contributed by atoms with Gasteiger partial charge in [-0.25, -0.2) is 4.98 Å². The number of hydrogen-bond acceptors (Lipinski definition) is 7. The molecule has 1 fully saturated rings. The predicted octanol–water partition coefficient (Wildman–Crippen LogP) is 5.62. The number of hydrogen-bond donors (Lipinski definition) is 1. The van der Waals surface area contributed by atoms with Gasteiger partial charge in [-0.15, -0.1) is 0 Å². The van der Waals surface area contributed by atoms with Gasteiger partial charge in [0.2, 0.25) is 0 Å². The molecule has 1 unspecified atom stereocenters. The molecular weight excluding hydrogens is 474 g/mol. The second-order valence-corrected chi connectivity index (χ2v) is 10.6. The number of nitrogens with zero attached hydrogens (tertiary/aromatic N) is 3. The molecule has 1 N–H and O–H groups in total. The van der Waals surface area contributed by atoms with Crippen molar-refractivity contribution < 1.29 is 19.4 Å². The Morgan fingerprint density at radius 2 is 1.81 bits per heavy atom. The molecule has 0 bridgehead atoms. The summed E-state index contributed by atoms with van der Waals surface area (Å²) >= 11 is 1.31. The van der Waals surface area contributed by atoms with Crippen molar-refractivity contribution in [3.05, 3.63) is 89.3 Å². The number of ether oxygens (including phenoxy) is 1. The number of amides is 1. The SMILES string of the molecule is COc1ccc(/C(O)=C2\C(=O)C(=O)N(c3nc4ccccc4s3)C2c2ccccn2)cc1C(C)(C)C. The largest absolute Gasteiger partial charge is 0.507 e. The number of fused-ring (bicyclic) bond motifs is 1. The van der Waals surface area contributed by atoms with Crippen molar-refractivity contribution in [2.75, 3.05) is 12.0 Å². The maximum Gasteiger partial charge on any atom is 0.301 e. The minimum Gasteiger partial charge on any atom is -0.507 e. The molecule has 2 aromatic carbocycles. The van der Waals surface area contributed by atoms with Crippen molar-refractivity contribution in [3.63, 3.8) is 0 Å². The number of carbonyl (C=O) groups excluding carboxylic acids is 2. The minimum atomic E-state index is -0.924. The first-order chi connectivity index (χ1) is 17.2. The van der Waals surface area contributed by atoms with Gasteiger partial charge in [-0.3, -0.25) is 19.5 Å². The van der Waals surface area contributed by atoms with Crippen molar-refractivity contribution in [1.29, 1.82) is 0 Å². The van der Waals surface area contributed by atoms with Crippen LogP contribution >= 0.6 is 11.3 Å². The molecule has 4 aromatic rings. The van der Waals surface area contributed by atoms with Gasteiger partial charge in [0.05, 0.1) is 28.6 Å². The second-order valence-electron chi connectivity index (χ2n) is 9.55. The Hall–Kier alpha value is -4.04. The number of para-hydroxylation sites is 1. The summed E-state index contributed by atoms with van der Waals surface area (Å²) in [7, 11) is 1.59. The lowest BCUT2D eigenvalue weighted by molar-refractivity contribution is -0.132. The van der Waals surface area contributed by atoms with E-state index < -0.39 is 17.7 Å². The molecule has 0 radical (unpaired) electrons. The number of thiazole rings is 1. The van der Waals surface area contributed by atoms with E-state index >= 15 is 0 Å². The van der Waals surface area contributed by atoms with Gasteiger partial charge < -0.3 is 9.84 Å². The quantitative estimate of drug-likeness (QED) is 0.222. The first kappa shape index (κ1) is 23.7. The van der Waals surface area contributed by atoms with Crippen LogP contribution in [0.25, 0.3) is 16.0 Å². The van der Waals surface area contributed by atoms with Gasteiger partial charge in [-0.05, 0) is 47.9 Å². The van der Waals surface area contributed by atoms with Crippen LogP contribution < -0.4 is 9.64 Å². The highest BCUT2D eigenvalue weighted by atomic mass is 32.1. The molecule has 36 heavy (non-hydrogen) atoms. The summed E-state index contributed by atoms with van der Waals surface area (Å²) in [5.41, 5.74) is 2.16. The van der Waals surface area contributed by atoms with Crippen molar-refractivity contribution in [1.82, 2.24) is 9.97 Å². The van der Waals surface area contributed by atoms with Crippen molar-refractivity contribution in [3.8, 4) is 5.75 Å². The molecule has 1 saturated heterocycles. The third-order valence-electron chi connectivity index (χ3n) is 6.18. The standard InChI is InChI=1S/C28H25N3O4S/c1-28(2,3)17-15-16(12-13-20(17)35-4)24(32)22-23(19-10-7-8-14-29-19)31(26(34)25(22)33)27-30-18-9-5-6-11-21(18)36-27/h5-15,23,32H,1-4H3/b24-22+. The fourth-order valence-corrected chi connectivity index (χ4v) is 5.40. The van der Waals surface area contributed by atoms with Crippen LogP contribution in [0.15, 0.2) is 72.4 Å². The summed E-state index contributed by atoms with van der Waals surface area (Å²) in [5.74, 6) is -1.12. The summed E-state index contributed by atoms with van der Waals surface area (Å²) in [6, 6.07) is 17.1. The molecule has 1 atom stereocenters. The van der Waals surface area contributed by atoms with Crippen molar-refractivity contribution in [2.24, 2.45) is 0 Å². The number of Topliss-reactive ketones (excluding diaryl/α,β-unsaturated/α-hetero) is 1. The van der Waals surface area contributed by atoms with E-state index in [1.807, 2.05) is 45.0 Å². The van der Waals surface area contributed by atoms with Gasteiger partial charge in [0.25, 0.3) is 5.78 Å². The van der Waals surface area contributed by atoms with E-state index in [0.717, 1.165) is 15.8 Å². The number of aliphatic hydroxyl groups excluding tert-OH is 1. The van der Waals surface area contributed by atoms with E-state index in [0.29, 0.717) is 22.1 Å². The number of anilines is 1.